The molecule has 0 saturated heterocycles. The van der Waals surface area contributed by atoms with Crippen LogP contribution in [0.2, 0.25) is 0 Å². The molecule has 0 aliphatic rings. The van der Waals surface area contributed by atoms with Crippen molar-refractivity contribution in [2.45, 2.75) is 0 Å². The number of aromatic amines is 1. The van der Waals surface area contributed by atoms with Crippen molar-refractivity contribution in [1.29, 1.82) is 0 Å². The first-order valence-electron chi connectivity index (χ1n) is 5.00. The lowest BCUT2D eigenvalue weighted by Gasteiger charge is -2.11. The summed E-state index contributed by atoms with van der Waals surface area (Å²) in [5.41, 5.74) is 2.18. The molecule has 0 radical (unpaired) electrons. The summed E-state index contributed by atoms with van der Waals surface area (Å²) in [5.74, 6) is 0.961. The molecule has 2 aromatic rings. The van der Waals surface area contributed by atoms with E-state index in [4.69, 9.17) is 9.47 Å². The molecule has 0 atom stereocenters. The zero-order valence-electron chi connectivity index (χ0n) is 9.56. The van der Waals surface area contributed by atoms with E-state index >= 15 is 0 Å². The van der Waals surface area contributed by atoms with Crippen LogP contribution in [0, 0.1) is 0 Å². The van der Waals surface area contributed by atoms with Crippen molar-refractivity contribution >= 4 is 6.29 Å². The van der Waals surface area contributed by atoms with Crippen LogP contribution in [0.4, 0.5) is 0 Å². The van der Waals surface area contributed by atoms with Gasteiger partial charge >= 0.3 is 0 Å². The molecule has 0 spiro atoms. The number of ether oxygens (including phenoxy) is 2. The zero-order chi connectivity index (χ0) is 12.3. The number of hydrogen-bond donors (Lipinski definition) is 1. The van der Waals surface area contributed by atoms with Crippen LogP contribution >= 0.6 is 0 Å². The predicted octanol–water partition coefficient (Wildman–Crippen LogP) is 1.91. The minimum atomic E-state index is 0.440. The summed E-state index contributed by atoms with van der Waals surface area (Å²) in [6.45, 7) is 0. The maximum absolute atomic E-state index is 11.0. The van der Waals surface area contributed by atoms with Gasteiger partial charge < -0.3 is 9.47 Å². The van der Waals surface area contributed by atoms with Crippen molar-refractivity contribution in [3.63, 3.8) is 0 Å². The molecule has 5 heteroatoms. The summed E-state index contributed by atoms with van der Waals surface area (Å²) >= 11 is 0. The van der Waals surface area contributed by atoms with Crippen molar-refractivity contribution in [3.8, 4) is 22.6 Å². The van der Waals surface area contributed by atoms with Gasteiger partial charge in [-0.15, -0.1) is 0 Å². The van der Waals surface area contributed by atoms with Gasteiger partial charge in [-0.2, -0.15) is 5.10 Å². The highest BCUT2D eigenvalue weighted by molar-refractivity contribution is 5.85. The Morgan fingerprint density at radius 1 is 1.24 bits per heavy atom. The molecule has 0 amide bonds. The fourth-order valence-electron chi connectivity index (χ4n) is 1.66. The van der Waals surface area contributed by atoms with Crippen LogP contribution in [0.5, 0.6) is 11.5 Å². The van der Waals surface area contributed by atoms with E-state index in [-0.39, 0.29) is 0 Å². The van der Waals surface area contributed by atoms with Gasteiger partial charge in [0, 0.05) is 11.8 Å². The normalized spacial score (nSPS) is 10.0. The monoisotopic (exact) mass is 232 g/mol. The quantitative estimate of drug-likeness (QED) is 0.818. The highest BCUT2D eigenvalue weighted by Crippen LogP contribution is 2.35. The Bertz CT molecular complexity index is 521. The van der Waals surface area contributed by atoms with Crippen LogP contribution in [0.3, 0.4) is 0 Å². The lowest BCUT2D eigenvalue weighted by atomic mass is 10.1. The smallest absolute Gasteiger partial charge is 0.171 e. The van der Waals surface area contributed by atoms with E-state index in [1.165, 1.54) is 14.2 Å². The number of benzene rings is 1. The first kappa shape index (κ1) is 11.2. The fourth-order valence-corrected chi connectivity index (χ4v) is 1.66. The van der Waals surface area contributed by atoms with Crippen LogP contribution in [0.25, 0.3) is 11.1 Å². The Hall–Kier alpha value is -2.30. The second kappa shape index (κ2) is 4.69. The van der Waals surface area contributed by atoms with E-state index < -0.39 is 0 Å². The van der Waals surface area contributed by atoms with Gasteiger partial charge in [0.05, 0.1) is 26.0 Å². The Labute approximate surface area is 98.4 Å². The molecule has 5 nitrogen and oxygen atoms in total. The number of carbonyl (C=O) groups is 1. The lowest BCUT2D eigenvalue weighted by Crippen LogP contribution is -1.96. The molecule has 2 rings (SSSR count). The molecular weight excluding hydrogens is 220 g/mol. The van der Waals surface area contributed by atoms with E-state index in [1.54, 1.807) is 24.5 Å². The Morgan fingerprint density at radius 3 is 2.59 bits per heavy atom. The van der Waals surface area contributed by atoms with Crippen molar-refractivity contribution in [3.05, 3.63) is 30.1 Å². The second-order valence-electron chi connectivity index (χ2n) is 3.41. The van der Waals surface area contributed by atoms with Crippen molar-refractivity contribution < 1.29 is 14.3 Å². The molecule has 0 aliphatic carbocycles. The topological polar surface area (TPSA) is 64.2 Å². The van der Waals surface area contributed by atoms with Crippen LogP contribution < -0.4 is 9.47 Å². The molecule has 1 aromatic carbocycles. The standard InChI is InChI=1S/C12H12N2O3/c1-16-11-4-8(10-5-13-14-6-10)3-9(7-15)12(11)17-2/h3-7H,1-2H3,(H,13,14). The molecule has 0 unspecified atom stereocenters. The lowest BCUT2D eigenvalue weighted by molar-refractivity contribution is 0.112. The minimum Gasteiger partial charge on any atom is -0.493 e. The van der Waals surface area contributed by atoms with Gasteiger partial charge in [-0.1, -0.05) is 0 Å². The van der Waals surface area contributed by atoms with Crippen LogP contribution in [-0.4, -0.2) is 30.7 Å². The molecule has 1 heterocycles. The van der Waals surface area contributed by atoms with Crippen LogP contribution in [-0.2, 0) is 0 Å². The maximum Gasteiger partial charge on any atom is 0.171 e. The van der Waals surface area contributed by atoms with Gasteiger partial charge in [0.25, 0.3) is 0 Å². The van der Waals surface area contributed by atoms with E-state index in [0.29, 0.717) is 17.1 Å². The molecule has 1 aromatic heterocycles. The second-order valence-corrected chi connectivity index (χ2v) is 3.41. The van der Waals surface area contributed by atoms with E-state index in [0.717, 1.165) is 17.4 Å². The third-order valence-corrected chi connectivity index (χ3v) is 2.47. The number of hydrogen-bond acceptors (Lipinski definition) is 4. The highest BCUT2D eigenvalue weighted by Gasteiger charge is 2.13. The van der Waals surface area contributed by atoms with E-state index in [1.807, 2.05) is 0 Å². The molecule has 17 heavy (non-hydrogen) atoms. The summed E-state index contributed by atoms with van der Waals surface area (Å²) in [5, 5.41) is 6.59. The SMILES string of the molecule is COc1cc(-c2cn[nH]c2)cc(C=O)c1OC. The molecule has 0 bridgehead atoms. The largest absolute Gasteiger partial charge is 0.493 e. The third kappa shape index (κ3) is 1.99. The first-order chi connectivity index (χ1) is 8.30. The average molecular weight is 232 g/mol. The summed E-state index contributed by atoms with van der Waals surface area (Å²) in [7, 11) is 3.04. The average Bonchev–Trinajstić information content (AvgIpc) is 2.90. The molecule has 0 aliphatic heterocycles. The summed E-state index contributed by atoms with van der Waals surface area (Å²) < 4.78 is 10.4. The van der Waals surface area contributed by atoms with Gasteiger partial charge in [-0.25, -0.2) is 0 Å². The Kier molecular flexibility index (Phi) is 3.09. The number of nitrogens with one attached hydrogen (secondary N) is 1. The van der Waals surface area contributed by atoms with Gasteiger partial charge in [-0.05, 0) is 17.7 Å². The first-order valence-corrected chi connectivity index (χ1v) is 5.00. The number of methoxy groups -OCH3 is 2. The van der Waals surface area contributed by atoms with Crippen molar-refractivity contribution in [1.82, 2.24) is 10.2 Å². The number of H-pyrrole nitrogens is 1. The Balaban J connectivity index is 2.60. The third-order valence-electron chi connectivity index (χ3n) is 2.47. The fraction of sp³-hybridized carbons (Fsp3) is 0.167. The van der Waals surface area contributed by atoms with Gasteiger partial charge in [0.2, 0.25) is 0 Å². The number of nitrogens with zero attached hydrogens (tertiary/aromatic N) is 1. The molecule has 0 saturated carbocycles. The van der Waals surface area contributed by atoms with Crippen LogP contribution in [0.1, 0.15) is 10.4 Å². The highest BCUT2D eigenvalue weighted by atomic mass is 16.5. The molecular formula is C12H12N2O3. The van der Waals surface area contributed by atoms with Gasteiger partial charge in [0.1, 0.15) is 0 Å². The van der Waals surface area contributed by atoms with Gasteiger partial charge in [-0.3, -0.25) is 9.89 Å². The zero-order valence-corrected chi connectivity index (χ0v) is 9.56. The van der Waals surface area contributed by atoms with Gasteiger partial charge in [0.15, 0.2) is 17.8 Å². The van der Waals surface area contributed by atoms with Crippen LogP contribution in [0.15, 0.2) is 24.5 Å². The van der Waals surface area contributed by atoms with Crippen molar-refractivity contribution in [2.75, 3.05) is 14.2 Å². The number of carbonyl (C=O) groups excluding carboxylic acids is 1. The van der Waals surface area contributed by atoms with E-state index in [9.17, 15) is 4.79 Å². The Morgan fingerprint density at radius 2 is 2.06 bits per heavy atom. The summed E-state index contributed by atoms with van der Waals surface area (Å²) in [6, 6.07) is 3.54. The molecule has 88 valence electrons. The molecule has 1 N–H and O–H groups in total. The number of aromatic nitrogens is 2. The molecule has 0 fully saturated rings. The maximum atomic E-state index is 11.0. The predicted molar refractivity (Wildman–Crippen MR) is 62.5 cm³/mol. The number of aldehydes is 1. The summed E-state index contributed by atoms with van der Waals surface area (Å²) in [4.78, 5) is 11.0. The van der Waals surface area contributed by atoms with E-state index in [2.05, 4.69) is 10.2 Å². The number of rotatable bonds is 4. The minimum absolute atomic E-state index is 0.440. The summed E-state index contributed by atoms with van der Waals surface area (Å²) in [6.07, 6.45) is 4.16. The van der Waals surface area contributed by atoms with Crippen molar-refractivity contribution in [2.24, 2.45) is 0 Å².